The van der Waals surface area contributed by atoms with Gasteiger partial charge in [0, 0.05) is 21.6 Å². The molecule has 0 radical (unpaired) electrons. The number of rotatable bonds is 3. The predicted octanol–water partition coefficient (Wildman–Crippen LogP) is 7.01. The molecule has 0 aliphatic heterocycles. The number of fused-ring (bicyclic) bond motifs is 1. The Bertz CT molecular complexity index is 1410. The maximum Gasteiger partial charge on any atom is 3.00 e. The van der Waals surface area contributed by atoms with Crippen LogP contribution < -0.4 is 9.55 Å². The molecule has 0 N–H and O–H groups in total. The summed E-state index contributed by atoms with van der Waals surface area (Å²) in [6, 6.07) is 27.5. The molecule has 0 amide bonds. The van der Waals surface area contributed by atoms with Crippen LogP contribution in [0.3, 0.4) is 0 Å². The Labute approximate surface area is 229 Å². The number of hydrogen-bond acceptors (Lipinski definition) is 1. The average Bonchev–Trinajstić information content (AvgIpc) is 3.34. The molecule has 0 spiro atoms. The number of nitrogens with zero attached hydrogens (tertiary/aromatic N) is 2. The Morgan fingerprint density at radius 2 is 1.53 bits per heavy atom. The van der Waals surface area contributed by atoms with Gasteiger partial charge in [0.15, 0.2) is 5.78 Å². The first kappa shape index (κ1) is 26.0. The van der Waals surface area contributed by atoms with Crippen molar-refractivity contribution in [3.05, 3.63) is 137 Å². The van der Waals surface area contributed by atoms with Crippen LogP contribution in [-0.2, 0) is 20.1 Å². The predicted molar refractivity (Wildman–Crippen MR) is 140 cm³/mol. The molecule has 0 saturated heterocycles. The number of aromatic nitrogens is 2. The summed E-state index contributed by atoms with van der Waals surface area (Å²) >= 11 is 6.68. The smallest absolute Gasteiger partial charge is 0.661 e. The van der Waals surface area contributed by atoms with E-state index in [0.29, 0.717) is 11.3 Å². The molecule has 6 heteroatoms. The van der Waals surface area contributed by atoms with Crippen LogP contribution in [0.5, 0.6) is 0 Å². The summed E-state index contributed by atoms with van der Waals surface area (Å²) in [7, 11) is 4.08. The van der Waals surface area contributed by atoms with Crippen LogP contribution in [0.25, 0.3) is 22.0 Å². The molecule has 5 rings (SSSR count). The Morgan fingerprint density at radius 3 is 2.21 bits per heavy atom. The zero-order valence-corrected chi connectivity index (χ0v) is 23.6. The first-order valence-electron chi connectivity index (χ1n) is 10.2. The summed E-state index contributed by atoms with van der Waals surface area (Å²) in [4.78, 5) is 15.9. The molecule has 0 aliphatic carbocycles. The van der Waals surface area contributed by atoms with E-state index in [0.717, 1.165) is 25.8 Å². The van der Waals surface area contributed by atoms with Crippen molar-refractivity contribution in [2.45, 2.75) is 0 Å². The fourth-order valence-electron chi connectivity index (χ4n) is 3.58. The van der Waals surface area contributed by atoms with Crippen LogP contribution in [0.4, 0.5) is 0 Å². The van der Waals surface area contributed by atoms with Crippen LogP contribution >= 0.6 is 31.9 Å². The van der Waals surface area contributed by atoms with E-state index < -0.39 is 0 Å². The van der Waals surface area contributed by atoms with Crippen LogP contribution in [0, 0.1) is 14.0 Å². The van der Waals surface area contributed by atoms with Gasteiger partial charge < -0.3 is 9.55 Å². The molecule has 2 heterocycles. The van der Waals surface area contributed by atoms with E-state index in [1.54, 1.807) is 30.5 Å². The molecular formula is C28H20Br2IrN2O+. The molecular weight excluding hydrogens is 732 g/mol. The number of pyridine rings is 1. The van der Waals surface area contributed by atoms with Gasteiger partial charge in [-0.2, -0.15) is 24.8 Å². The molecule has 170 valence electrons. The number of halogens is 2. The number of ketones is 1. The molecule has 0 saturated carbocycles. The van der Waals surface area contributed by atoms with Gasteiger partial charge >= 0.3 is 20.1 Å². The topological polar surface area (TPSA) is 35.1 Å². The van der Waals surface area contributed by atoms with E-state index in [1.807, 2.05) is 35.0 Å². The fourth-order valence-corrected chi connectivity index (χ4v) is 4.87. The third kappa shape index (κ3) is 5.89. The third-order valence-corrected chi connectivity index (χ3v) is 6.04. The Morgan fingerprint density at radius 1 is 0.853 bits per heavy atom. The van der Waals surface area contributed by atoms with Crippen molar-refractivity contribution >= 4 is 48.4 Å². The van der Waals surface area contributed by atoms with Gasteiger partial charge in [0.05, 0.1) is 11.9 Å². The normalized spacial score (nSPS) is 10.2. The van der Waals surface area contributed by atoms with Crippen LogP contribution in [-0.4, -0.2) is 5.78 Å². The standard InChI is InChI=1S/C17H14N.C11H7Br2NO.Ir/c1-13-7-3-5-9-15(13)17-16-10-6-4-8-14(16)11-12-18(17)2;12-8-4-7(5-9(13)6-8)11(15)10-2-1-3-14-10;/h3-12H,1-2H2;1-6H,(H,14,15);/q-1;;+3/p-1. The van der Waals surface area contributed by atoms with Gasteiger partial charge in [-0.05, 0) is 35.0 Å². The van der Waals surface area contributed by atoms with Crippen LogP contribution in [0.2, 0.25) is 0 Å². The number of carbonyl (C=O) groups excluding carboxylic acids is 1. The quantitative estimate of drug-likeness (QED) is 0.113. The monoisotopic (exact) mass is 751 g/mol. The maximum absolute atomic E-state index is 11.9. The number of carbonyl (C=O) groups is 1. The zero-order chi connectivity index (χ0) is 23.4. The third-order valence-electron chi connectivity index (χ3n) is 5.12. The minimum absolute atomic E-state index is 0. The molecule has 0 aliphatic rings. The van der Waals surface area contributed by atoms with Crippen LogP contribution in [0.15, 0.2) is 106 Å². The van der Waals surface area contributed by atoms with E-state index >= 15 is 0 Å². The number of benzene rings is 3. The summed E-state index contributed by atoms with van der Waals surface area (Å²) in [6.07, 6.45) is 3.60. The van der Waals surface area contributed by atoms with Crippen molar-refractivity contribution in [2.24, 2.45) is 0 Å². The molecule has 3 aromatic carbocycles. The summed E-state index contributed by atoms with van der Waals surface area (Å²) in [5.41, 5.74) is 4.35. The Kier molecular flexibility index (Phi) is 8.92. The van der Waals surface area contributed by atoms with Crippen molar-refractivity contribution in [3.63, 3.8) is 0 Å². The van der Waals surface area contributed by atoms with Crippen molar-refractivity contribution in [1.82, 2.24) is 4.98 Å². The van der Waals surface area contributed by atoms with Gasteiger partial charge in [0.1, 0.15) is 0 Å². The molecule has 0 atom stereocenters. The van der Waals surface area contributed by atoms with Gasteiger partial charge in [-0.1, -0.05) is 80.0 Å². The molecule has 2 aromatic heterocycles. The maximum atomic E-state index is 11.9. The molecule has 5 aromatic rings. The van der Waals surface area contributed by atoms with E-state index in [4.69, 9.17) is 0 Å². The summed E-state index contributed by atoms with van der Waals surface area (Å²) in [5.74, 6) is -0.0676. The van der Waals surface area contributed by atoms with Gasteiger partial charge in [0.2, 0.25) is 0 Å². The zero-order valence-electron chi connectivity index (χ0n) is 18.0. The van der Waals surface area contributed by atoms with Crippen molar-refractivity contribution in [2.75, 3.05) is 0 Å². The van der Waals surface area contributed by atoms with Crippen molar-refractivity contribution in [1.29, 1.82) is 0 Å². The number of hydrogen-bond donors (Lipinski definition) is 0. The summed E-state index contributed by atoms with van der Waals surface area (Å²) < 4.78 is 3.64. The second-order valence-electron chi connectivity index (χ2n) is 7.39. The Hall–Kier alpha value is -2.63. The van der Waals surface area contributed by atoms with E-state index in [9.17, 15) is 4.79 Å². The largest absolute Gasteiger partial charge is 3.00 e. The molecule has 0 fully saturated rings. The SMILES string of the molecule is O=C(c1cc(Br)cc(Br)c1)c1ccc[n-]1.[CH2-]c1ccccc1-c1c2ccccc2cc[n+]1[CH2-].[Ir+3]. The van der Waals surface area contributed by atoms with Gasteiger partial charge in [0.25, 0.3) is 0 Å². The summed E-state index contributed by atoms with van der Waals surface area (Å²) in [6.45, 7) is 4.10. The van der Waals surface area contributed by atoms with Crippen molar-refractivity contribution in [3.8, 4) is 11.3 Å². The van der Waals surface area contributed by atoms with E-state index in [1.165, 1.54) is 10.8 Å². The van der Waals surface area contributed by atoms with Gasteiger partial charge in [-0.3, -0.25) is 4.79 Å². The van der Waals surface area contributed by atoms with Crippen molar-refractivity contribution < 1.29 is 29.5 Å². The molecule has 0 bridgehead atoms. The molecule has 34 heavy (non-hydrogen) atoms. The first-order valence-corrected chi connectivity index (χ1v) is 11.8. The Balaban J connectivity index is 0.000000188. The van der Waals surface area contributed by atoms with E-state index in [2.05, 4.69) is 87.2 Å². The average molecular weight is 753 g/mol. The first-order chi connectivity index (χ1) is 15.9. The molecule has 0 unspecified atom stereocenters. The molecule has 3 nitrogen and oxygen atoms in total. The minimum atomic E-state index is -0.0676. The second kappa shape index (κ2) is 11.7. The van der Waals surface area contributed by atoms with Gasteiger partial charge in [-0.15, -0.1) is 17.7 Å². The van der Waals surface area contributed by atoms with Crippen LogP contribution in [0.1, 0.15) is 21.6 Å². The fraction of sp³-hybridized carbons (Fsp3) is 0. The van der Waals surface area contributed by atoms with Gasteiger partial charge in [-0.25, -0.2) is 0 Å². The van der Waals surface area contributed by atoms with E-state index in [-0.39, 0.29) is 25.9 Å². The summed E-state index contributed by atoms with van der Waals surface area (Å²) in [5, 5.41) is 2.42. The minimum Gasteiger partial charge on any atom is -0.661 e. The second-order valence-corrected chi connectivity index (χ2v) is 9.22.